The molecule has 0 spiro atoms. The van der Waals surface area contributed by atoms with Gasteiger partial charge in [-0.15, -0.1) is 0 Å². The van der Waals surface area contributed by atoms with Crippen molar-refractivity contribution in [3.05, 3.63) is 71.0 Å². The maximum Gasteiger partial charge on any atom is 0.158 e. The molecule has 0 aliphatic carbocycles. The lowest BCUT2D eigenvalue weighted by Crippen LogP contribution is -2.10. The van der Waals surface area contributed by atoms with Crippen LogP contribution in [0.1, 0.15) is 24.4 Å². The minimum absolute atomic E-state index is 0.123. The Balaban J connectivity index is 2.05. The molecule has 0 N–H and O–H groups in total. The first-order valence-electron chi connectivity index (χ1n) is 6.89. The van der Waals surface area contributed by atoms with E-state index in [1.807, 2.05) is 54.1 Å². The summed E-state index contributed by atoms with van der Waals surface area (Å²) >= 11 is 5.96. The summed E-state index contributed by atoms with van der Waals surface area (Å²) in [7, 11) is 0. The molecule has 1 heterocycles. The zero-order chi connectivity index (χ0) is 14.8. The van der Waals surface area contributed by atoms with Crippen LogP contribution >= 0.6 is 11.6 Å². The van der Waals surface area contributed by atoms with Crippen molar-refractivity contribution in [3.8, 4) is 11.4 Å². The Kier molecular flexibility index (Phi) is 3.76. The summed E-state index contributed by atoms with van der Waals surface area (Å²) in [6, 6.07) is 18.1. The van der Waals surface area contributed by atoms with Crippen LogP contribution in [0.2, 0.25) is 5.02 Å². The topological polar surface area (TPSA) is 30.7 Å². The maximum atomic E-state index is 5.96. The molecule has 0 saturated carbocycles. The Morgan fingerprint density at radius 3 is 2.33 bits per heavy atom. The highest BCUT2D eigenvalue weighted by atomic mass is 35.5. The van der Waals surface area contributed by atoms with Crippen molar-refractivity contribution in [1.29, 1.82) is 0 Å². The van der Waals surface area contributed by atoms with E-state index in [-0.39, 0.29) is 6.04 Å². The van der Waals surface area contributed by atoms with Gasteiger partial charge in [-0.05, 0) is 43.7 Å². The molecule has 106 valence electrons. The largest absolute Gasteiger partial charge is 0.238 e. The van der Waals surface area contributed by atoms with Gasteiger partial charge >= 0.3 is 0 Å². The van der Waals surface area contributed by atoms with Crippen LogP contribution in [0, 0.1) is 6.92 Å². The first kappa shape index (κ1) is 13.8. The predicted molar refractivity (Wildman–Crippen MR) is 85.5 cm³/mol. The fraction of sp³-hybridized carbons (Fsp3) is 0.176. The molecule has 0 bridgehead atoms. The summed E-state index contributed by atoms with van der Waals surface area (Å²) in [5.74, 6) is 1.63. The third-order valence-electron chi connectivity index (χ3n) is 3.49. The van der Waals surface area contributed by atoms with Crippen molar-refractivity contribution < 1.29 is 0 Å². The second-order valence-electron chi connectivity index (χ2n) is 5.02. The fourth-order valence-electron chi connectivity index (χ4n) is 2.37. The van der Waals surface area contributed by atoms with Crippen LogP contribution in [0.15, 0.2) is 54.6 Å². The first-order valence-corrected chi connectivity index (χ1v) is 7.27. The molecule has 21 heavy (non-hydrogen) atoms. The van der Waals surface area contributed by atoms with Gasteiger partial charge in [0.1, 0.15) is 5.82 Å². The van der Waals surface area contributed by atoms with E-state index >= 15 is 0 Å². The summed E-state index contributed by atoms with van der Waals surface area (Å²) in [6.45, 7) is 4.04. The number of nitrogens with zero attached hydrogens (tertiary/aromatic N) is 3. The Bertz CT molecular complexity index is 732. The second kappa shape index (κ2) is 5.70. The number of hydrogen-bond donors (Lipinski definition) is 0. The molecule has 0 aliphatic heterocycles. The van der Waals surface area contributed by atoms with Gasteiger partial charge in [-0.2, -0.15) is 5.10 Å². The maximum absolute atomic E-state index is 5.96. The number of hydrogen-bond acceptors (Lipinski definition) is 2. The lowest BCUT2D eigenvalue weighted by Gasteiger charge is -2.15. The number of halogens is 1. The van der Waals surface area contributed by atoms with Crippen LogP contribution in [0.5, 0.6) is 0 Å². The van der Waals surface area contributed by atoms with Gasteiger partial charge in [0.05, 0.1) is 6.04 Å². The van der Waals surface area contributed by atoms with Gasteiger partial charge in [-0.1, -0.05) is 41.9 Å². The van der Waals surface area contributed by atoms with Crippen molar-refractivity contribution >= 4 is 11.6 Å². The van der Waals surface area contributed by atoms with Crippen molar-refractivity contribution in [3.63, 3.8) is 0 Å². The number of rotatable bonds is 3. The van der Waals surface area contributed by atoms with E-state index in [0.29, 0.717) is 0 Å². The molecule has 0 saturated heterocycles. The summed E-state index contributed by atoms with van der Waals surface area (Å²) in [5, 5.41) is 5.28. The van der Waals surface area contributed by atoms with Crippen LogP contribution in [0.3, 0.4) is 0 Å². The molecule has 3 nitrogen and oxygen atoms in total. The van der Waals surface area contributed by atoms with Crippen LogP contribution in [0.25, 0.3) is 11.4 Å². The van der Waals surface area contributed by atoms with Crippen LogP contribution in [-0.4, -0.2) is 14.8 Å². The average molecular weight is 298 g/mol. The van der Waals surface area contributed by atoms with Gasteiger partial charge < -0.3 is 0 Å². The summed E-state index contributed by atoms with van der Waals surface area (Å²) in [6.07, 6.45) is 0. The minimum atomic E-state index is 0.123. The normalized spacial score (nSPS) is 12.3. The molecule has 0 aliphatic rings. The van der Waals surface area contributed by atoms with E-state index in [1.165, 1.54) is 5.56 Å². The quantitative estimate of drug-likeness (QED) is 0.712. The first-order chi connectivity index (χ1) is 10.1. The van der Waals surface area contributed by atoms with Gasteiger partial charge in [0.2, 0.25) is 0 Å². The Morgan fingerprint density at radius 1 is 1.00 bits per heavy atom. The molecule has 0 fully saturated rings. The third-order valence-corrected chi connectivity index (χ3v) is 3.74. The SMILES string of the molecule is Cc1nc(-c2ccc(Cl)cc2)n(C(C)c2ccccc2)n1. The van der Waals surface area contributed by atoms with Crippen molar-refractivity contribution in [2.75, 3.05) is 0 Å². The molecule has 1 unspecified atom stereocenters. The van der Waals surface area contributed by atoms with Gasteiger partial charge in [0.15, 0.2) is 5.82 Å². The van der Waals surface area contributed by atoms with E-state index < -0.39 is 0 Å². The minimum Gasteiger partial charge on any atom is -0.238 e. The summed E-state index contributed by atoms with van der Waals surface area (Å²) in [5.41, 5.74) is 2.22. The van der Waals surface area contributed by atoms with E-state index in [0.717, 1.165) is 22.2 Å². The van der Waals surface area contributed by atoms with Crippen LogP contribution in [-0.2, 0) is 0 Å². The van der Waals surface area contributed by atoms with E-state index in [1.54, 1.807) is 0 Å². The Hall–Kier alpha value is -2.13. The summed E-state index contributed by atoms with van der Waals surface area (Å²) in [4.78, 5) is 4.57. The predicted octanol–water partition coefficient (Wildman–Crippen LogP) is 4.52. The highest BCUT2D eigenvalue weighted by molar-refractivity contribution is 6.30. The highest BCUT2D eigenvalue weighted by Crippen LogP contribution is 2.25. The molecule has 0 amide bonds. The van der Waals surface area contributed by atoms with Gasteiger partial charge in [-0.3, -0.25) is 0 Å². The highest BCUT2D eigenvalue weighted by Gasteiger charge is 2.16. The molecule has 4 heteroatoms. The van der Waals surface area contributed by atoms with Gasteiger partial charge in [-0.25, -0.2) is 9.67 Å². The third kappa shape index (κ3) is 2.83. The zero-order valence-corrected chi connectivity index (χ0v) is 12.7. The molecular formula is C17H16ClN3. The summed E-state index contributed by atoms with van der Waals surface area (Å²) < 4.78 is 1.97. The van der Waals surface area contributed by atoms with E-state index in [2.05, 4.69) is 29.1 Å². The van der Waals surface area contributed by atoms with E-state index in [4.69, 9.17) is 11.6 Å². The number of benzene rings is 2. The number of aryl methyl sites for hydroxylation is 1. The zero-order valence-electron chi connectivity index (χ0n) is 12.0. The molecule has 1 atom stereocenters. The molecular weight excluding hydrogens is 282 g/mol. The second-order valence-corrected chi connectivity index (χ2v) is 5.46. The standard InChI is InChI=1S/C17H16ClN3/c1-12(14-6-4-3-5-7-14)21-17(19-13(2)20-21)15-8-10-16(18)11-9-15/h3-12H,1-2H3. The smallest absolute Gasteiger partial charge is 0.158 e. The lowest BCUT2D eigenvalue weighted by molar-refractivity contribution is 0.566. The van der Waals surface area contributed by atoms with Crippen molar-refractivity contribution in [2.45, 2.75) is 19.9 Å². The molecule has 3 rings (SSSR count). The van der Waals surface area contributed by atoms with Crippen molar-refractivity contribution in [2.24, 2.45) is 0 Å². The molecule has 3 aromatic rings. The van der Waals surface area contributed by atoms with E-state index in [9.17, 15) is 0 Å². The van der Waals surface area contributed by atoms with Crippen LogP contribution < -0.4 is 0 Å². The number of aromatic nitrogens is 3. The fourth-order valence-corrected chi connectivity index (χ4v) is 2.49. The Morgan fingerprint density at radius 2 is 1.67 bits per heavy atom. The van der Waals surface area contributed by atoms with Crippen LogP contribution in [0.4, 0.5) is 0 Å². The molecule has 1 aromatic heterocycles. The Labute approximate surface area is 129 Å². The molecule has 2 aromatic carbocycles. The van der Waals surface area contributed by atoms with Crippen molar-refractivity contribution in [1.82, 2.24) is 14.8 Å². The molecule has 0 radical (unpaired) electrons. The lowest BCUT2D eigenvalue weighted by atomic mass is 10.1. The monoisotopic (exact) mass is 297 g/mol. The van der Waals surface area contributed by atoms with Gasteiger partial charge in [0, 0.05) is 10.6 Å². The van der Waals surface area contributed by atoms with Gasteiger partial charge in [0.25, 0.3) is 0 Å². The average Bonchev–Trinajstić information content (AvgIpc) is 2.90.